The second-order valence-electron chi connectivity index (χ2n) is 4.75. The largest absolute Gasteiger partial charge is 0.468 e. The second kappa shape index (κ2) is 5.77. The molecule has 0 spiro atoms. The molecule has 4 nitrogen and oxygen atoms in total. The van der Waals surface area contributed by atoms with E-state index < -0.39 is 29.7 Å². The Morgan fingerprint density at radius 1 is 1.04 bits per heavy atom. The number of aliphatic hydroxyl groups excluding tert-OH is 1. The molecule has 0 radical (unpaired) electrons. The molecule has 0 aliphatic rings. The minimum absolute atomic E-state index is 0.0229. The van der Waals surface area contributed by atoms with Crippen LogP contribution in [0.2, 0.25) is 0 Å². The van der Waals surface area contributed by atoms with Gasteiger partial charge in [-0.25, -0.2) is 13.2 Å². The van der Waals surface area contributed by atoms with Crippen molar-refractivity contribution in [1.29, 1.82) is 0 Å². The lowest BCUT2D eigenvalue weighted by atomic mass is 10.1. The van der Waals surface area contributed by atoms with Crippen molar-refractivity contribution in [3.63, 3.8) is 0 Å². The molecule has 0 saturated carbocycles. The normalized spacial score (nSPS) is 11.0. The molecule has 7 heteroatoms. The standard InChI is InChI=1S/C16H10F3NO3/c17-11-3-2-9(15(18)16(11)19)13-6-14(22)10-5-8(23-7-21)1-4-12(10)20-13/h1-6,21H,7H2,(H,20,22). The van der Waals surface area contributed by atoms with Gasteiger partial charge in [-0.05, 0) is 30.3 Å². The first-order chi connectivity index (χ1) is 11.0. The number of hydrogen-bond donors (Lipinski definition) is 2. The van der Waals surface area contributed by atoms with E-state index in [4.69, 9.17) is 9.84 Å². The van der Waals surface area contributed by atoms with Crippen molar-refractivity contribution >= 4 is 10.9 Å². The van der Waals surface area contributed by atoms with Gasteiger partial charge >= 0.3 is 0 Å². The van der Waals surface area contributed by atoms with Gasteiger partial charge in [-0.2, -0.15) is 0 Å². The number of ether oxygens (including phenoxy) is 1. The molecule has 2 N–H and O–H groups in total. The SMILES string of the molecule is O=c1cc(-c2ccc(F)c(F)c2F)[nH]c2ccc(OCO)cc12. The maximum atomic E-state index is 13.9. The molecule has 2 aromatic carbocycles. The van der Waals surface area contributed by atoms with E-state index in [1.54, 1.807) is 0 Å². The Hall–Kier alpha value is -2.80. The predicted octanol–water partition coefficient (Wildman–Crippen LogP) is 2.94. The summed E-state index contributed by atoms with van der Waals surface area (Å²) in [6, 6.07) is 7.34. The van der Waals surface area contributed by atoms with Crippen molar-refractivity contribution in [2.45, 2.75) is 0 Å². The molecule has 0 saturated heterocycles. The topological polar surface area (TPSA) is 62.3 Å². The van der Waals surface area contributed by atoms with Crippen molar-refractivity contribution < 1.29 is 23.0 Å². The number of hydrogen-bond acceptors (Lipinski definition) is 3. The van der Waals surface area contributed by atoms with Crippen LogP contribution in [0, 0.1) is 17.5 Å². The fourth-order valence-electron chi connectivity index (χ4n) is 2.27. The maximum absolute atomic E-state index is 13.9. The summed E-state index contributed by atoms with van der Waals surface area (Å²) in [7, 11) is 0. The number of aliphatic hydroxyl groups is 1. The van der Waals surface area contributed by atoms with Crippen LogP contribution in [0.25, 0.3) is 22.2 Å². The fourth-order valence-corrected chi connectivity index (χ4v) is 2.27. The van der Waals surface area contributed by atoms with E-state index in [0.29, 0.717) is 5.52 Å². The third-order valence-electron chi connectivity index (χ3n) is 3.36. The van der Waals surface area contributed by atoms with Crippen LogP contribution in [0.5, 0.6) is 5.75 Å². The molecule has 0 amide bonds. The molecule has 23 heavy (non-hydrogen) atoms. The van der Waals surface area contributed by atoms with Gasteiger partial charge in [0.2, 0.25) is 0 Å². The van der Waals surface area contributed by atoms with Crippen LogP contribution < -0.4 is 10.2 Å². The zero-order valence-electron chi connectivity index (χ0n) is 11.6. The van der Waals surface area contributed by atoms with Gasteiger partial charge in [0.05, 0.1) is 5.69 Å². The minimum atomic E-state index is -1.60. The Morgan fingerprint density at radius 2 is 1.83 bits per heavy atom. The zero-order chi connectivity index (χ0) is 16.6. The Balaban J connectivity index is 2.19. The van der Waals surface area contributed by atoms with Crippen LogP contribution in [0.15, 0.2) is 41.2 Å². The summed E-state index contributed by atoms with van der Waals surface area (Å²) in [5, 5.41) is 8.97. The molecule has 0 aliphatic carbocycles. The van der Waals surface area contributed by atoms with E-state index in [1.807, 2.05) is 0 Å². The lowest BCUT2D eigenvalue weighted by Crippen LogP contribution is -2.05. The molecular formula is C16H10F3NO3. The van der Waals surface area contributed by atoms with Gasteiger partial charge in [-0.1, -0.05) is 0 Å². The summed E-state index contributed by atoms with van der Waals surface area (Å²) in [6.07, 6.45) is 0. The third-order valence-corrected chi connectivity index (χ3v) is 3.36. The van der Waals surface area contributed by atoms with Gasteiger partial charge in [-0.3, -0.25) is 4.79 Å². The number of pyridine rings is 1. The average molecular weight is 321 g/mol. The maximum Gasteiger partial charge on any atom is 0.195 e. The molecule has 1 heterocycles. The molecule has 0 fully saturated rings. The summed E-state index contributed by atoms with van der Waals surface area (Å²) in [5.41, 5.74) is -0.323. The van der Waals surface area contributed by atoms with E-state index >= 15 is 0 Å². The molecule has 0 aliphatic heterocycles. The average Bonchev–Trinajstić information content (AvgIpc) is 2.53. The lowest BCUT2D eigenvalue weighted by Gasteiger charge is -2.08. The van der Waals surface area contributed by atoms with Crippen LogP contribution in [-0.4, -0.2) is 16.9 Å². The van der Waals surface area contributed by atoms with Crippen LogP contribution in [0.3, 0.4) is 0 Å². The van der Waals surface area contributed by atoms with Crippen LogP contribution in [0.1, 0.15) is 0 Å². The molecule has 118 valence electrons. The Morgan fingerprint density at radius 3 is 2.57 bits per heavy atom. The number of halogens is 3. The van der Waals surface area contributed by atoms with Gasteiger partial charge < -0.3 is 14.8 Å². The van der Waals surface area contributed by atoms with Gasteiger partial charge in [0.1, 0.15) is 5.75 Å². The first-order valence-corrected chi connectivity index (χ1v) is 6.56. The number of aromatic amines is 1. The first kappa shape index (κ1) is 15.1. The van der Waals surface area contributed by atoms with E-state index in [1.165, 1.54) is 18.2 Å². The summed E-state index contributed by atoms with van der Waals surface area (Å²) in [4.78, 5) is 15.0. The van der Waals surface area contributed by atoms with Crippen molar-refractivity contribution in [3.05, 3.63) is 64.1 Å². The Kier molecular flexibility index (Phi) is 3.79. The first-order valence-electron chi connectivity index (χ1n) is 6.56. The van der Waals surface area contributed by atoms with E-state index in [9.17, 15) is 18.0 Å². The molecule has 1 aromatic heterocycles. The van der Waals surface area contributed by atoms with E-state index in [0.717, 1.165) is 18.2 Å². The summed E-state index contributed by atoms with van der Waals surface area (Å²) >= 11 is 0. The highest BCUT2D eigenvalue weighted by atomic mass is 19.2. The highest BCUT2D eigenvalue weighted by Crippen LogP contribution is 2.26. The second-order valence-corrected chi connectivity index (χ2v) is 4.75. The Bertz CT molecular complexity index is 953. The number of rotatable bonds is 3. The number of aromatic nitrogens is 1. The summed E-state index contributed by atoms with van der Waals surface area (Å²) in [6.45, 7) is -0.540. The number of H-pyrrole nitrogens is 1. The van der Waals surface area contributed by atoms with Crippen molar-refractivity contribution in [3.8, 4) is 17.0 Å². The van der Waals surface area contributed by atoms with E-state index in [2.05, 4.69) is 4.98 Å². The molecular weight excluding hydrogens is 311 g/mol. The Labute approximate surface area is 127 Å². The molecule has 0 atom stereocenters. The molecule has 0 bridgehead atoms. The quantitative estimate of drug-likeness (QED) is 0.576. The van der Waals surface area contributed by atoms with Crippen LogP contribution >= 0.6 is 0 Å². The number of fused-ring (bicyclic) bond motifs is 1. The highest BCUT2D eigenvalue weighted by Gasteiger charge is 2.16. The highest BCUT2D eigenvalue weighted by molar-refractivity contribution is 5.82. The number of nitrogens with one attached hydrogen (secondary N) is 1. The molecule has 3 aromatic rings. The van der Waals surface area contributed by atoms with Crippen LogP contribution in [-0.2, 0) is 0 Å². The zero-order valence-corrected chi connectivity index (χ0v) is 11.6. The van der Waals surface area contributed by atoms with Crippen molar-refractivity contribution in [2.75, 3.05) is 6.79 Å². The van der Waals surface area contributed by atoms with Gasteiger partial charge in [0.15, 0.2) is 29.7 Å². The van der Waals surface area contributed by atoms with Crippen LogP contribution in [0.4, 0.5) is 13.2 Å². The van der Waals surface area contributed by atoms with Gasteiger partial charge in [0.25, 0.3) is 0 Å². The lowest BCUT2D eigenvalue weighted by molar-refractivity contribution is 0.0987. The van der Waals surface area contributed by atoms with Crippen molar-refractivity contribution in [1.82, 2.24) is 4.98 Å². The van der Waals surface area contributed by atoms with Crippen molar-refractivity contribution in [2.24, 2.45) is 0 Å². The smallest absolute Gasteiger partial charge is 0.195 e. The number of benzene rings is 2. The monoisotopic (exact) mass is 321 g/mol. The minimum Gasteiger partial charge on any atom is -0.468 e. The third kappa shape index (κ3) is 2.66. The van der Waals surface area contributed by atoms with E-state index in [-0.39, 0.29) is 22.4 Å². The molecule has 0 unspecified atom stereocenters. The summed E-state index contributed by atoms with van der Waals surface area (Å²) in [5.74, 6) is -3.99. The van der Waals surface area contributed by atoms with Gasteiger partial charge in [0, 0.05) is 22.5 Å². The fraction of sp³-hybridized carbons (Fsp3) is 0.0625. The van der Waals surface area contributed by atoms with Gasteiger partial charge in [-0.15, -0.1) is 0 Å². The molecule has 3 rings (SSSR count). The summed E-state index contributed by atoms with van der Waals surface area (Å²) < 4.78 is 45.1. The predicted molar refractivity (Wildman–Crippen MR) is 77.6 cm³/mol.